The molecule has 0 saturated heterocycles. The third-order valence-electron chi connectivity index (χ3n) is 2.63. The van der Waals surface area contributed by atoms with Crippen LogP contribution in [-0.2, 0) is 4.79 Å². The van der Waals surface area contributed by atoms with Crippen LogP contribution in [0.2, 0.25) is 0 Å². The molecule has 2 aliphatic rings. The van der Waals surface area contributed by atoms with E-state index in [1.807, 2.05) is 13.8 Å². The van der Waals surface area contributed by atoms with Gasteiger partial charge in [0, 0.05) is 18.0 Å². The van der Waals surface area contributed by atoms with Gasteiger partial charge in [0.1, 0.15) is 0 Å². The molecule has 68 valence electrons. The van der Waals surface area contributed by atoms with Gasteiger partial charge in [0.05, 0.1) is 0 Å². The van der Waals surface area contributed by atoms with Gasteiger partial charge < -0.3 is 4.90 Å². The van der Waals surface area contributed by atoms with Gasteiger partial charge in [-0.25, -0.2) is 0 Å². The fourth-order valence-corrected chi connectivity index (χ4v) is 1.66. The van der Waals surface area contributed by atoms with Crippen LogP contribution < -0.4 is 0 Å². The molecule has 2 aliphatic carbocycles. The van der Waals surface area contributed by atoms with Crippen molar-refractivity contribution in [2.24, 2.45) is 5.92 Å². The van der Waals surface area contributed by atoms with Crippen LogP contribution in [0.3, 0.4) is 0 Å². The summed E-state index contributed by atoms with van der Waals surface area (Å²) in [6.07, 6.45) is 4.98. The van der Waals surface area contributed by atoms with E-state index in [0.29, 0.717) is 18.0 Å². The zero-order chi connectivity index (χ0) is 8.72. The van der Waals surface area contributed by atoms with E-state index in [-0.39, 0.29) is 5.92 Å². The average molecular weight is 167 g/mol. The van der Waals surface area contributed by atoms with Crippen LogP contribution in [-0.4, -0.2) is 22.9 Å². The summed E-state index contributed by atoms with van der Waals surface area (Å²) in [6, 6.07) is 1.24. The van der Waals surface area contributed by atoms with Crippen LogP contribution in [0.4, 0.5) is 0 Å². The minimum Gasteiger partial charge on any atom is -0.337 e. The van der Waals surface area contributed by atoms with Gasteiger partial charge in [0.2, 0.25) is 5.91 Å². The van der Waals surface area contributed by atoms with E-state index >= 15 is 0 Å². The summed E-state index contributed by atoms with van der Waals surface area (Å²) < 4.78 is 0. The highest BCUT2D eigenvalue weighted by molar-refractivity contribution is 5.79. The molecule has 12 heavy (non-hydrogen) atoms. The zero-order valence-corrected chi connectivity index (χ0v) is 7.92. The van der Waals surface area contributed by atoms with Gasteiger partial charge in [-0.3, -0.25) is 4.79 Å². The maximum absolute atomic E-state index is 11.7. The van der Waals surface area contributed by atoms with Crippen molar-refractivity contribution in [2.45, 2.75) is 51.6 Å². The normalized spacial score (nSPS) is 22.9. The lowest BCUT2D eigenvalue weighted by Gasteiger charge is -2.23. The van der Waals surface area contributed by atoms with Crippen LogP contribution in [0.5, 0.6) is 0 Å². The molecular formula is C10H17NO. The fraction of sp³-hybridized carbons (Fsp3) is 0.900. The number of hydrogen-bond acceptors (Lipinski definition) is 1. The van der Waals surface area contributed by atoms with Gasteiger partial charge in [0.25, 0.3) is 0 Å². The maximum atomic E-state index is 11.7. The lowest BCUT2D eigenvalue weighted by Crippen LogP contribution is -2.37. The summed E-state index contributed by atoms with van der Waals surface area (Å²) in [5.74, 6) is 0.561. The number of nitrogens with zero attached hydrogens (tertiary/aromatic N) is 1. The minimum absolute atomic E-state index is 0.186. The van der Waals surface area contributed by atoms with Gasteiger partial charge in [-0.1, -0.05) is 13.8 Å². The molecule has 2 saturated carbocycles. The Hall–Kier alpha value is -0.530. The summed E-state index contributed by atoms with van der Waals surface area (Å²) in [4.78, 5) is 13.9. The monoisotopic (exact) mass is 167 g/mol. The van der Waals surface area contributed by atoms with Crippen LogP contribution in [0.25, 0.3) is 0 Å². The Morgan fingerprint density at radius 1 is 1.17 bits per heavy atom. The average Bonchev–Trinajstić information content (AvgIpc) is 2.81. The Kier molecular flexibility index (Phi) is 1.85. The second kappa shape index (κ2) is 2.75. The molecule has 0 unspecified atom stereocenters. The fourth-order valence-electron chi connectivity index (χ4n) is 1.66. The Morgan fingerprint density at radius 3 is 1.83 bits per heavy atom. The predicted octanol–water partition coefficient (Wildman–Crippen LogP) is 1.80. The first-order chi connectivity index (χ1) is 5.70. The molecule has 0 aromatic rings. The first-order valence-corrected chi connectivity index (χ1v) is 5.02. The number of amides is 1. The molecule has 0 radical (unpaired) electrons. The summed E-state index contributed by atoms with van der Waals surface area (Å²) in [7, 11) is 0. The highest BCUT2D eigenvalue weighted by Crippen LogP contribution is 2.38. The van der Waals surface area contributed by atoms with Crippen molar-refractivity contribution in [2.75, 3.05) is 0 Å². The van der Waals surface area contributed by atoms with Crippen molar-refractivity contribution in [3.05, 3.63) is 0 Å². The lowest BCUT2D eigenvalue weighted by molar-refractivity contribution is -0.135. The van der Waals surface area contributed by atoms with Gasteiger partial charge in [0.15, 0.2) is 0 Å². The molecule has 0 aliphatic heterocycles. The third-order valence-corrected chi connectivity index (χ3v) is 2.63. The molecular weight excluding hydrogens is 150 g/mol. The van der Waals surface area contributed by atoms with Crippen LogP contribution in [0.1, 0.15) is 39.5 Å². The van der Waals surface area contributed by atoms with Gasteiger partial charge >= 0.3 is 0 Å². The number of hydrogen-bond donors (Lipinski definition) is 0. The first-order valence-electron chi connectivity index (χ1n) is 5.02. The first kappa shape index (κ1) is 8.09. The van der Waals surface area contributed by atoms with Gasteiger partial charge in [-0.15, -0.1) is 0 Å². The van der Waals surface area contributed by atoms with Gasteiger partial charge in [-0.2, -0.15) is 0 Å². The van der Waals surface area contributed by atoms with Crippen LogP contribution in [0.15, 0.2) is 0 Å². The minimum atomic E-state index is 0.186. The Bertz CT molecular complexity index is 180. The Morgan fingerprint density at radius 2 is 1.58 bits per heavy atom. The second-order valence-corrected chi connectivity index (χ2v) is 4.36. The van der Waals surface area contributed by atoms with E-state index in [9.17, 15) is 4.79 Å². The SMILES string of the molecule is CC(C)C(=O)N(C1CC1)C1CC1. The molecule has 2 nitrogen and oxygen atoms in total. The number of carbonyl (C=O) groups excluding carboxylic acids is 1. The summed E-state index contributed by atoms with van der Waals surface area (Å²) in [5.41, 5.74) is 0. The molecule has 0 N–H and O–H groups in total. The van der Waals surface area contributed by atoms with Crippen molar-refractivity contribution in [3.8, 4) is 0 Å². The Labute approximate surface area is 73.9 Å². The number of rotatable bonds is 3. The van der Waals surface area contributed by atoms with E-state index < -0.39 is 0 Å². The summed E-state index contributed by atoms with van der Waals surface area (Å²) in [5, 5.41) is 0. The van der Waals surface area contributed by atoms with Crippen molar-refractivity contribution in [3.63, 3.8) is 0 Å². The van der Waals surface area contributed by atoms with Crippen molar-refractivity contribution in [1.82, 2.24) is 4.90 Å². The number of carbonyl (C=O) groups is 1. The molecule has 0 aromatic heterocycles. The summed E-state index contributed by atoms with van der Waals surface area (Å²) >= 11 is 0. The maximum Gasteiger partial charge on any atom is 0.225 e. The van der Waals surface area contributed by atoms with E-state index in [2.05, 4.69) is 4.90 Å². The van der Waals surface area contributed by atoms with Crippen molar-refractivity contribution < 1.29 is 4.79 Å². The quantitative estimate of drug-likeness (QED) is 0.627. The van der Waals surface area contributed by atoms with E-state index in [1.54, 1.807) is 0 Å². The second-order valence-electron chi connectivity index (χ2n) is 4.36. The van der Waals surface area contributed by atoms with Crippen molar-refractivity contribution in [1.29, 1.82) is 0 Å². The smallest absolute Gasteiger partial charge is 0.225 e. The lowest BCUT2D eigenvalue weighted by atomic mass is 10.2. The van der Waals surface area contributed by atoms with Crippen LogP contribution in [0, 0.1) is 5.92 Å². The third kappa shape index (κ3) is 1.47. The Balaban J connectivity index is 1.99. The standard InChI is InChI=1S/C10H17NO/c1-7(2)10(12)11(8-3-4-8)9-5-6-9/h7-9H,3-6H2,1-2H3. The predicted molar refractivity (Wildman–Crippen MR) is 47.7 cm³/mol. The van der Waals surface area contributed by atoms with Crippen molar-refractivity contribution >= 4 is 5.91 Å². The molecule has 2 heteroatoms. The highest BCUT2D eigenvalue weighted by Gasteiger charge is 2.42. The molecule has 0 heterocycles. The molecule has 0 spiro atoms. The van der Waals surface area contributed by atoms with Crippen LogP contribution >= 0.6 is 0 Å². The van der Waals surface area contributed by atoms with E-state index in [0.717, 1.165) is 0 Å². The molecule has 0 bridgehead atoms. The zero-order valence-electron chi connectivity index (χ0n) is 7.92. The molecule has 0 atom stereocenters. The van der Waals surface area contributed by atoms with E-state index in [4.69, 9.17) is 0 Å². The summed E-state index contributed by atoms with van der Waals surface area (Å²) in [6.45, 7) is 4.00. The molecule has 2 rings (SSSR count). The topological polar surface area (TPSA) is 20.3 Å². The molecule has 1 amide bonds. The van der Waals surface area contributed by atoms with Gasteiger partial charge in [-0.05, 0) is 25.7 Å². The molecule has 0 aromatic carbocycles. The van der Waals surface area contributed by atoms with E-state index in [1.165, 1.54) is 25.7 Å². The largest absolute Gasteiger partial charge is 0.337 e. The highest BCUT2D eigenvalue weighted by atomic mass is 16.2. The molecule has 2 fully saturated rings.